The number of anilines is 1. The van der Waals surface area contributed by atoms with E-state index in [0.717, 1.165) is 0 Å². The Morgan fingerprint density at radius 2 is 1.89 bits per heavy atom. The first-order valence-corrected chi connectivity index (χ1v) is 9.72. The highest BCUT2D eigenvalue weighted by atomic mass is 32.2. The van der Waals surface area contributed by atoms with Crippen molar-refractivity contribution in [1.82, 2.24) is 5.16 Å². The minimum absolute atomic E-state index is 0.0618. The summed E-state index contributed by atoms with van der Waals surface area (Å²) in [5, 5.41) is 3.70. The Hall–Kier alpha value is -3.33. The Kier molecular flexibility index (Phi) is 5.65. The number of carbonyl (C=O) groups excluding carboxylic acids is 1. The molecule has 0 bridgehead atoms. The van der Waals surface area contributed by atoms with Crippen LogP contribution in [0.1, 0.15) is 21.8 Å². The van der Waals surface area contributed by atoms with Crippen LogP contribution in [0, 0.1) is 6.92 Å². The summed E-state index contributed by atoms with van der Waals surface area (Å²) in [5.41, 5.74) is 1.15. The highest BCUT2D eigenvalue weighted by Crippen LogP contribution is 2.20. The lowest BCUT2D eigenvalue weighted by atomic mass is 10.2. The number of aromatic nitrogens is 1. The lowest BCUT2D eigenvalue weighted by Gasteiger charge is -2.10. The summed E-state index contributed by atoms with van der Waals surface area (Å²) in [6, 6.07) is 13.7. The summed E-state index contributed by atoms with van der Waals surface area (Å²) < 4.78 is 42.8. The molecule has 146 valence electrons. The molecule has 0 aliphatic heterocycles. The summed E-state index contributed by atoms with van der Waals surface area (Å²) in [7, 11) is -2.36. The average molecular weight is 402 g/mol. The van der Waals surface area contributed by atoms with Gasteiger partial charge in [-0.1, -0.05) is 11.2 Å². The standard InChI is InChI=1S/C19H18N2O6S/c1-13-10-17(27-20-13)12-26-19(22)14-4-3-5-18(11-14)28(23,24)21-15-6-8-16(25-2)9-7-15/h3-11,21H,12H2,1-2H3. The maximum absolute atomic E-state index is 12.6. The fraction of sp³-hybridized carbons (Fsp3) is 0.158. The zero-order valence-electron chi connectivity index (χ0n) is 15.2. The quantitative estimate of drug-likeness (QED) is 0.605. The number of benzene rings is 2. The lowest BCUT2D eigenvalue weighted by molar-refractivity contribution is 0.0437. The van der Waals surface area contributed by atoms with Crippen LogP contribution in [0.2, 0.25) is 0 Å². The zero-order chi connectivity index (χ0) is 20.1. The van der Waals surface area contributed by atoms with Crippen molar-refractivity contribution in [3.8, 4) is 5.75 Å². The van der Waals surface area contributed by atoms with Crippen molar-refractivity contribution in [3.05, 3.63) is 71.6 Å². The first-order chi connectivity index (χ1) is 13.4. The molecule has 28 heavy (non-hydrogen) atoms. The van der Waals surface area contributed by atoms with E-state index in [4.69, 9.17) is 14.0 Å². The normalized spacial score (nSPS) is 11.1. The number of sulfonamides is 1. The molecule has 1 N–H and O–H groups in total. The van der Waals surface area contributed by atoms with Gasteiger partial charge in [-0.2, -0.15) is 0 Å². The van der Waals surface area contributed by atoms with Crippen molar-refractivity contribution in [2.75, 3.05) is 11.8 Å². The number of aryl methyl sites for hydroxylation is 1. The molecule has 0 saturated heterocycles. The van der Waals surface area contributed by atoms with Crippen molar-refractivity contribution in [2.45, 2.75) is 18.4 Å². The number of carbonyl (C=O) groups is 1. The number of hydrogen-bond donors (Lipinski definition) is 1. The molecule has 0 amide bonds. The van der Waals surface area contributed by atoms with Crippen molar-refractivity contribution < 1.29 is 27.2 Å². The van der Waals surface area contributed by atoms with Gasteiger partial charge >= 0.3 is 5.97 Å². The summed E-state index contributed by atoms with van der Waals surface area (Å²) in [6.07, 6.45) is 0. The molecular weight excluding hydrogens is 384 g/mol. The molecule has 0 radical (unpaired) electrons. The largest absolute Gasteiger partial charge is 0.497 e. The highest BCUT2D eigenvalue weighted by molar-refractivity contribution is 7.92. The van der Waals surface area contributed by atoms with Gasteiger partial charge in [-0.25, -0.2) is 13.2 Å². The van der Waals surface area contributed by atoms with Crippen LogP contribution in [-0.4, -0.2) is 26.7 Å². The predicted octanol–water partition coefficient (Wildman–Crippen LogP) is 3.15. The van der Waals surface area contributed by atoms with Gasteiger partial charge in [-0.15, -0.1) is 0 Å². The van der Waals surface area contributed by atoms with E-state index in [9.17, 15) is 13.2 Å². The average Bonchev–Trinajstić information content (AvgIpc) is 3.12. The van der Waals surface area contributed by atoms with Crippen molar-refractivity contribution in [1.29, 1.82) is 0 Å². The molecule has 0 unspecified atom stereocenters. The summed E-state index contributed by atoms with van der Waals surface area (Å²) in [6.45, 7) is 1.65. The molecule has 0 atom stereocenters. The second kappa shape index (κ2) is 8.13. The van der Waals surface area contributed by atoms with Gasteiger partial charge in [0.2, 0.25) is 0 Å². The van der Waals surface area contributed by atoms with Crippen molar-refractivity contribution in [2.24, 2.45) is 0 Å². The summed E-state index contributed by atoms with van der Waals surface area (Å²) in [5.74, 6) is 0.334. The molecule has 3 rings (SSSR count). The van der Waals surface area contributed by atoms with Gasteiger partial charge in [0.05, 0.1) is 23.3 Å². The maximum atomic E-state index is 12.6. The molecular formula is C19H18N2O6S. The van der Waals surface area contributed by atoms with Gasteiger partial charge < -0.3 is 14.0 Å². The van der Waals surface area contributed by atoms with Crippen molar-refractivity contribution >= 4 is 21.7 Å². The van der Waals surface area contributed by atoms with Gasteiger partial charge in [0.25, 0.3) is 10.0 Å². The van der Waals surface area contributed by atoms with Gasteiger partial charge in [0.1, 0.15) is 5.75 Å². The van der Waals surface area contributed by atoms with Crippen LogP contribution in [0.15, 0.2) is 64.0 Å². The highest BCUT2D eigenvalue weighted by Gasteiger charge is 2.17. The van der Waals surface area contributed by atoms with Crippen LogP contribution in [-0.2, 0) is 21.4 Å². The Labute approximate surface area is 162 Å². The van der Waals surface area contributed by atoms with Gasteiger partial charge in [0.15, 0.2) is 12.4 Å². The zero-order valence-corrected chi connectivity index (χ0v) is 16.0. The van der Waals surface area contributed by atoms with Crippen LogP contribution >= 0.6 is 0 Å². The lowest BCUT2D eigenvalue weighted by Crippen LogP contribution is -2.14. The number of hydrogen-bond acceptors (Lipinski definition) is 7. The molecule has 0 spiro atoms. The van der Waals surface area contributed by atoms with E-state index >= 15 is 0 Å². The Morgan fingerprint density at radius 3 is 2.54 bits per heavy atom. The Balaban J connectivity index is 1.72. The third kappa shape index (κ3) is 4.68. The molecule has 0 saturated carbocycles. The van der Waals surface area contributed by atoms with Gasteiger partial charge in [-0.05, 0) is 49.4 Å². The number of rotatable bonds is 7. The Morgan fingerprint density at radius 1 is 1.14 bits per heavy atom. The second-order valence-electron chi connectivity index (χ2n) is 5.87. The van der Waals surface area contributed by atoms with Crippen LogP contribution in [0.5, 0.6) is 5.75 Å². The third-order valence-electron chi connectivity index (χ3n) is 3.74. The number of esters is 1. The molecule has 1 heterocycles. The fourth-order valence-corrected chi connectivity index (χ4v) is 3.47. The second-order valence-corrected chi connectivity index (χ2v) is 7.55. The Bertz CT molecular complexity index is 1070. The van der Waals surface area contributed by atoms with E-state index in [1.165, 1.54) is 31.4 Å². The van der Waals surface area contributed by atoms with E-state index in [1.807, 2.05) is 0 Å². The number of methoxy groups -OCH3 is 1. The van der Waals surface area contributed by atoms with Crippen LogP contribution in [0.4, 0.5) is 5.69 Å². The molecule has 1 aromatic heterocycles. The van der Waals surface area contributed by atoms with E-state index in [1.54, 1.807) is 37.3 Å². The van der Waals surface area contributed by atoms with Gasteiger partial charge in [-0.3, -0.25) is 4.72 Å². The number of nitrogens with one attached hydrogen (secondary N) is 1. The van der Waals surface area contributed by atoms with Gasteiger partial charge in [0, 0.05) is 11.8 Å². The van der Waals surface area contributed by atoms with E-state index in [-0.39, 0.29) is 17.1 Å². The topological polar surface area (TPSA) is 108 Å². The smallest absolute Gasteiger partial charge is 0.338 e. The van der Waals surface area contributed by atoms with Crippen LogP contribution < -0.4 is 9.46 Å². The molecule has 3 aromatic rings. The van der Waals surface area contributed by atoms with E-state index < -0.39 is 16.0 Å². The molecule has 2 aromatic carbocycles. The third-order valence-corrected chi connectivity index (χ3v) is 5.12. The monoisotopic (exact) mass is 402 g/mol. The molecule has 9 heteroatoms. The molecule has 0 aliphatic carbocycles. The minimum atomic E-state index is -3.88. The maximum Gasteiger partial charge on any atom is 0.338 e. The summed E-state index contributed by atoms with van der Waals surface area (Å²) >= 11 is 0. The molecule has 0 fully saturated rings. The predicted molar refractivity (Wildman–Crippen MR) is 101 cm³/mol. The number of ether oxygens (including phenoxy) is 2. The number of nitrogens with zero attached hydrogens (tertiary/aromatic N) is 1. The first kappa shape index (κ1) is 19.4. The molecule has 8 nitrogen and oxygen atoms in total. The molecule has 0 aliphatic rings. The van der Waals surface area contributed by atoms with Crippen LogP contribution in [0.25, 0.3) is 0 Å². The SMILES string of the molecule is COc1ccc(NS(=O)(=O)c2cccc(C(=O)OCc3cc(C)no3)c2)cc1. The van der Waals surface area contributed by atoms with E-state index in [2.05, 4.69) is 9.88 Å². The summed E-state index contributed by atoms with van der Waals surface area (Å²) in [4.78, 5) is 12.2. The van der Waals surface area contributed by atoms with Crippen molar-refractivity contribution in [3.63, 3.8) is 0 Å². The van der Waals surface area contributed by atoms with E-state index in [0.29, 0.717) is 22.9 Å². The minimum Gasteiger partial charge on any atom is -0.497 e. The van der Waals surface area contributed by atoms with Crippen LogP contribution in [0.3, 0.4) is 0 Å². The fourth-order valence-electron chi connectivity index (χ4n) is 2.37. The first-order valence-electron chi connectivity index (χ1n) is 8.23.